The summed E-state index contributed by atoms with van der Waals surface area (Å²) >= 11 is 5.81. The Kier molecular flexibility index (Phi) is 4.62. The first kappa shape index (κ1) is 14.8. The highest BCUT2D eigenvalue weighted by Crippen LogP contribution is 2.22. The molecule has 0 bridgehead atoms. The number of hydrogen-bond acceptors (Lipinski definition) is 3. The lowest BCUT2D eigenvalue weighted by Gasteiger charge is -2.17. The molecule has 0 spiro atoms. The Morgan fingerprint density at radius 2 is 1.90 bits per heavy atom. The van der Waals surface area contributed by atoms with Crippen LogP contribution in [0.2, 0.25) is 5.02 Å². The van der Waals surface area contributed by atoms with Crippen LogP contribution in [0.25, 0.3) is 0 Å². The van der Waals surface area contributed by atoms with Crippen LogP contribution < -0.4 is 5.32 Å². The minimum atomic E-state index is -1.02. The summed E-state index contributed by atoms with van der Waals surface area (Å²) in [7, 11) is 0. The van der Waals surface area contributed by atoms with Crippen molar-refractivity contribution < 1.29 is 19.4 Å². The molecule has 0 radical (unpaired) electrons. The fourth-order valence-electron chi connectivity index (χ4n) is 2.15. The van der Waals surface area contributed by atoms with Crippen molar-refractivity contribution in [2.45, 2.75) is 38.0 Å². The fraction of sp³-hybridized carbons (Fsp3) is 0.429. The van der Waals surface area contributed by atoms with Gasteiger partial charge in [0.1, 0.15) is 6.10 Å². The maximum atomic E-state index is 12.0. The van der Waals surface area contributed by atoms with Gasteiger partial charge in [0.2, 0.25) is 5.91 Å². The molecule has 1 aliphatic rings. The summed E-state index contributed by atoms with van der Waals surface area (Å²) < 4.78 is 5.21. The van der Waals surface area contributed by atoms with Gasteiger partial charge in [-0.05, 0) is 37.5 Å². The lowest BCUT2D eigenvalue weighted by Crippen LogP contribution is -2.37. The van der Waals surface area contributed by atoms with Crippen LogP contribution in [0.4, 0.5) is 0 Å². The molecule has 2 rings (SSSR count). The number of carboxylic acid groups (broad SMARTS) is 1. The largest absolute Gasteiger partial charge is 0.479 e. The molecule has 2 N–H and O–H groups in total. The monoisotopic (exact) mass is 297 g/mol. The Bertz CT molecular complexity index is 502. The molecule has 1 fully saturated rings. The van der Waals surface area contributed by atoms with Crippen molar-refractivity contribution in [2.75, 3.05) is 0 Å². The highest BCUT2D eigenvalue weighted by molar-refractivity contribution is 6.30. The van der Waals surface area contributed by atoms with Gasteiger partial charge in [0, 0.05) is 5.02 Å². The maximum Gasteiger partial charge on any atom is 0.332 e. The van der Waals surface area contributed by atoms with Crippen LogP contribution in [-0.4, -0.2) is 29.2 Å². The van der Waals surface area contributed by atoms with E-state index in [0.717, 1.165) is 5.56 Å². The molecule has 5 nitrogen and oxygen atoms in total. The van der Waals surface area contributed by atoms with Gasteiger partial charge in [-0.1, -0.05) is 23.7 Å². The summed E-state index contributed by atoms with van der Waals surface area (Å²) in [6.45, 7) is 1.85. The molecule has 108 valence electrons. The molecule has 20 heavy (non-hydrogen) atoms. The zero-order valence-electron chi connectivity index (χ0n) is 11.0. The summed E-state index contributed by atoms with van der Waals surface area (Å²) in [6, 6.07) is 7.00. The number of nitrogens with one attached hydrogen (secondary N) is 1. The summed E-state index contributed by atoms with van der Waals surface area (Å²) in [5, 5.41) is 12.3. The average molecular weight is 298 g/mol. The van der Waals surface area contributed by atoms with E-state index in [1.165, 1.54) is 0 Å². The second-order valence-corrected chi connectivity index (χ2v) is 5.25. The van der Waals surface area contributed by atoms with Gasteiger partial charge in [-0.25, -0.2) is 4.79 Å². The summed E-state index contributed by atoms with van der Waals surface area (Å²) in [4.78, 5) is 22.8. The maximum absolute atomic E-state index is 12.0. The van der Waals surface area contributed by atoms with Crippen LogP contribution in [0.3, 0.4) is 0 Å². The third kappa shape index (κ3) is 3.49. The fourth-order valence-corrected chi connectivity index (χ4v) is 2.28. The van der Waals surface area contributed by atoms with Crippen LogP contribution in [0, 0.1) is 0 Å². The number of aliphatic carboxylic acids is 1. The Hall–Kier alpha value is -1.59. The van der Waals surface area contributed by atoms with E-state index >= 15 is 0 Å². The number of carbonyl (C=O) groups is 2. The molecular formula is C14H16ClNO4. The first-order valence-electron chi connectivity index (χ1n) is 6.41. The second-order valence-electron chi connectivity index (χ2n) is 4.81. The van der Waals surface area contributed by atoms with Crippen molar-refractivity contribution in [3.8, 4) is 0 Å². The molecule has 3 atom stereocenters. The van der Waals surface area contributed by atoms with E-state index in [9.17, 15) is 9.59 Å². The molecule has 1 heterocycles. The van der Waals surface area contributed by atoms with E-state index in [2.05, 4.69) is 5.32 Å². The van der Waals surface area contributed by atoms with Crippen LogP contribution in [0.1, 0.15) is 31.4 Å². The first-order chi connectivity index (χ1) is 9.47. The first-order valence-corrected chi connectivity index (χ1v) is 6.79. The van der Waals surface area contributed by atoms with Gasteiger partial charge in [-0.3, -0.25) is 4.79 Å². The zero-order valence-corrected chi connectivity index (χ0v) is 11.8. The number of rotatable bonds is 4. The Morgan fingerprint density at radius 1 is 1.30 bits per heavy atom. The summed E-state index contributed by atoms with van der Waals surface area (Å²) in [6.07, 6.45) is -0.777. The van der Waals surface area contributed by atoms with Crippen molar-refractivity contribution in [1.82, 2.24) is 5.32 Å². The van der Waals surface area contributed by atoms with Gasteiger partial charge in [0.05, 0.1) is 6.04 Å². The van der Waals surface area contributed by atoms with Gasteiger partial charge in [-0.2, -0.15) is 0 Å². The number of halogens is 1. The third-order valence-corrected chi connectivity index (χ3v) is 3.57. The van der Waals surface area contributed by atoms with Crippen molar-refractivity contribution in [1.29, 1.82) is 0 Å². The summed E-state index contributed by atoms with van der Waals surface area (Å²) in [5.41, 5.74) is 0.926. The molecule has 1 aromatic carbocycles. The van der Waals surface area contributed by atoms with Crippen LogP contribution in [0.15, 0.2) is 24.3 Å². The van der Waals surface area contributed by atoms with E-state index in [1.807, 2.05) is 19.1 Å². The Balaban J connectivity index is 1.91. The van der Waals surface area contributed by atoms with Gasteiger partial charge < -0.3 is 15.2 Å². The predicted octanol–water partition coefficient (Wildman–Crippen LogP) is 2.15. The number of benzene rings is 1. The quantitative estimate of drug-likeness (QED) is 0.893. The lowest BCUT2D eigenvalue weighted by atomic mass is 10.1. The molecule has 0 aliphatic carbocycles. The topological polar surface area (TPSA) is 75.6 Å². The Labute approximate surface area is 121 Å². The normalized spacial score (nSPS) is 23.3. The van der Waals surface area contributed by atoms with Gasteiger partial charge >= 0.3 is 5.97 Å². The highest BCUT2D eigenvalue weighted by Gasteiger charge is 2.35. The van der Waals surface area contributed by atoms with Crippen molar-refractivity contribution in [3.63, 3.8) is 0 Å². The van der Waals surface area contributed by atoms with Crippen LogP contribution >= 0.6 is 11.6 Å². The van der Waals surface area contributed by atoms with Gasteiger partial charge in [0.25, 0.3) is 0 Å². The molecule has 0 aromatic heterocycles. The minimum absolute atomic E-state index is 0.188. The second kappa shape index (κ2) is 6.24. The number of carboxylic acids is 1. The lowest BCUT2D eigenvalue weighted by molar-refractivity contribution is -0.151. The molecule has 6 heteroatoms. The number of amides is 1. The predicted molar refractivity (Wildman–Crippen MR) is 73.5 cm³/mol. The standard InChI is InChI=1S/C14H16ClNO4/c1-8(9-2-4-10(15)5-3-9)16-13(17)11-6-7-12(20-11)14(18)19/h2-5,8,11-12H,6-7H2,1H3,(H,16,17)(H,18,19)/t8-,11?,12?/m1/s1. The minimum Gasteiger partial charge on any atom is -0.479 e. The van der Waals surface area contributed by atoms with E-state index in [-0.39, 0.29) is 11.9 Å². The number of ether oxygens (including phenoxy) is 1. The molecule has 1 aliphatic heterocycles. The van der Waals surface area contributed by atoms with Crippen molar-refractivity contribution >= 4 is 23.5 Å². The third-order valence-electron chi connectivity index (χ3n) is 3.32. The van der Waals surface area contributed by atoms with Gasteiger partial charge in [-0.15, -0.1) is 0 Å². The van der Waals surface area contributed by atoms with Crippen molar-refractivity contribution in [2.24, 2.45) is 0 Å². The number of carbonyl (C=O) groups excluding carboxylic acids is 1. The van der Waals surface area contributed by atoms with E-state index in [1.54, 1.807) is 12.1 Å². The van der Waals surface area contributed by atoms with E-state index in [4.69, 9.17) is 21.4 Å². The molecule has 1 aromatic rings. The van der Waals surface area contributed by atoms with E-state index in [0.29, 0.717) is 17.9 Å². The molecule has 1 saturated heterocycles. The van der Waals surface area contributed by atoms with Crippen LogP contribution in [0.5, 0.6) is 0 Å². The number of hydrogen-bond donors (Lipinski definition) is 2. The van der Waals surface area contributed by atoms with Gasteiger partial charge in [0.15, 0.2) is 6.10 Å². The zero-order chi connectivity index (χ0) is 14.7. The molecular weight excluding hydrogens is 282 g/mol. The highest BCUT2D eigenvalue weighted by atomic mass is 35.5. The average Bonchev–Trinajstić information content (AvgIpc) is 2.89. The van der Waals surface area contributed by atoms with Crippen LogP contribution in [-0.2, 0) is 14.3 Å². The Morgan fingerprint density at radius 3 is 2.45 bits per heavy atom. The molecule has 1 amide bonds. The molecule has 0 saturated carbocycles. The SMILES string of the molecule is C[C@@H](NC(=O)C1CCC(C(=O)O)O1)c1ccc(Cl)cc1. The van der Waals surface area contributed by atoms with E-state index < -0.39 is 18.2 Å². The smallest absolute Gasteiger partial charge is 0.332 e. The molecule has 2 unspecified atom stereocenters. The summed E-state index contributed by atoms with van der Waals surface area (Å²) in [5.74, 6) is -1.30. The van der Waals surface area contributed by atoms with Crippen molar-refractivity contribution in [3.05, 3.63) is 34.9 Å².